The average molecular weight is 517 g/mol. The van der Waals surface area contributed by atoms with Crippen LogP contribution >= 0.6 is 11.8 Å². The van der Waals surface area contributed by atoms with Gasteiger partial charge in [0.2, 0.25) is 0 Å². The van der Waals surface area contributed by atoms with E-state index in [2.05, 4.69) is 10.3 Å². The molecule has 0 unspecified atom stereocenters. The lowest BCUT2D eigenvalue weighted by atomic mass is 9.98. The van der Waals surface area contributed by atoms with Gasteiger partial charge in [-0.25, -0.2) is 9.50 Å². The van der Waals surface area contributed by atoms with Crippen molar-refractivity contribution >= 4 is 28.9 Å². The fraction of sp³-hybridized carbons (Fsp3) is 0.345. The molecule has 1 aliphatic rings. The van der Waals surface area contributed by atoms with Gasteiger partial charge in [0.25, 0.3) is 0 Å². The van der Waals surface area contributed by atoms with Gasteiger partial charge < -0.3 is 15.5 Å². The lowest BCUT2D eigenvalue weighted by Crippen LogP contribution is -2.29. The second kappa shape index (κ2) is 9.84. The molecule has 0 atom stereocenters. The minimum Gasteiger partial charge on any atom is -0.508 e. The molecule has 1 aliphatic carbocycles. The quantitative estimate of drug-likeness (QED) is 0.233. The smallest absolute Gasteiger partial charge is 0.177 e. The van der Waals surface area contributed by atoms with Gasteiger partial charge in [-0.2, -0.15) is 5.10 Å². The Kier molecular flexibility index (Phi) is 6.72. The first-order chi connectivity index (χ1) is 17.6. The normalized spacial score (nSPS) is 13.8. The Bertz CT molecular complexity index is 1480. The molecule has 0 amide bonds. The summed E-state index contributed by atoms with van der Waals surface area (Å²) in [4.78, 5) is 18.3. The van der Waals surface area contributed by atoms with Crippen LogP contribution in [0.15, 0.2) is 58.6 Å². The predicted octanol–water partition coefficient (Wildman–Crippen LogP) is 6.04. The van der Waals surface area contributed by atoms with Crippen molar-refractivity contribution in [1.29, 1.82) is 0 Å². The molecule has 0 saturated heterocycles. The third-order valence-corrected chi connectivity index (χ3v) is 7.44. The van der Waals surface area contributed by atoms with Crippen LogP contribution in [0.4, 0.5) is 5.69 Å². The second-order valence-electron chi connectivity index (χ2n) is 10.6. The molecule has 0 bridgehead atoms. The van der Waals surface area contributed by atoms with Crippen LogP contribution in [0, 0.1) is 19.8 Å². The zero-order chi connectivity index (χ0) is 26.3. The maximum Gasteiger partial charge on any atom is 0.177 e. The lowest BCUT2D eigenvalue weighted by molar-refractivity contribution is 0.0943. The third-order valence-electron chi connectivity index (χ3n) is 6.54. The number of ketones is 1. The van der Waals surface area contributed by atoms with Crippen LogP contribution in [0.5, 0.6) is 5.75 Å². The number of rotatable bonds is 9. The van der Waals surface area contributed by atoms with Crippen LogP contribution < -0.4 is 5.32 Å². The predicted molar refractivity (Wildman–Crippen MR) is 147 cm³/mol. The summed E-state index contributed by atoms with van der Waals surface area (Å²) in [5.74, 6) is 1.02. The first kappa shape index (κ1) is 25.3. The van der Waals surface area contributed by atoms with E-state index in [1.54, 1.807) is 26.1 Å². The number of imidazole rings is 1. The number of Topliss-reactive ketones (excluding diaryl/α,β-unsaturated/α-hetero) is 1. The summed E-state index contributed by atoms with van der Waals surface area (Å²) in [5, 5.41) is 29.1. The van der Waals surface area contributed by atoms with Gasteiger partial charge in [-0.1, -0.05) is 23.9 Å². The number of nitrogens with one attached hydrogen (secondary N) is 1. The van der Waals surface area contributed by atoms with E-state index in [1.165, 1.54) is 11.8 Å². The fourth-order valence-corrected chi connectivity index (χ4v) is 5.19. The Hall–Kier alpha value is -3.36. The molecule has 4 aromatic rings. The maximum atomic E-state index is 12.7. The topological polar surface area (TPSA) is 99.8 Å². The minimum atomic E-state index is -0.906. The summed E-state index contributed by atoms with van der Waals surface area (Å²) < 4.78 is 1.81. The number of aromatic hydroxyl groups is 1. The van der Waals surface area contributed by atoms with Gasteiger partial charge in [0.1, 0.15) is 10.8 Å². The van der Waals surface area contributed by atoms with Crippen LogP contribution in [0.3, 0.4) is 0 Å². The molecule has 0 radical (unpaired) electrons. The van der Waals surface area contributed by atoms with E-state index >= 15 is 0 Å². The number of nitrogens with zero attached hydrogens (tertiary/aromatic N) is 3. The number of aryl methyl sites for hydroxylation is 2. The molecule has 1 fully saturated rings. The highest BCUT2D eigenvalue weighted by Crippen LogP contribution is 2.35. The molecular weight excluding hydrogens is 484 g/mol. The van der Waals surface area contributed by atoms with E-state index in [9.17, 15) is 15.0 Å². The van der Waals surface area contributed by atoms with Crippen molar-refractivity contribution < 1.29 is 15.0 Å². The van der Waals surface area contributed by atoms with Crippen LogP contribution in [0.1, 0.15) is 54.6 Å². The van der Waals surface area contributed by atoms with Crippen molar-refractivity contribution in [3.63, 3.8) is 0 Å². The SMILES string of the molecule is Cc1cc(Sc2cc(NCC(C)(C)O)c3ncc(-c4ccc(C(=O)CC5CC5)c(C)c4)n3n2)ccc1O. The van der Waals surface area contributed by atoms with Gasteiger partial charge in [0.05, 0.1) is 23.2 Å². The number of aliphatic hydroxyl groups is 1. The molecule has 8 heteroatoms. The van der Waals surface area contributed by atoms with Crippen molar-refractivity contribution in [1.82, 2.24) is 14.6 Å². The van der Waals surface area contributed by atoms with E-state index in [4.69, 9.17) is 5.10 Å². The fourth-order valence-electron chi connectivity index (χ4n) is 4.28. The molecule has 37 heavy (non-hydrogen) atoms. The van der Waals surface area contributed by atoms with Crippen molar-refractivity contribution in [2.75, 3.05) is 11.9 Å². The highest BCUT2D eigenvalue weighted by Gasteiger charge is 2.26. The molecule has 0 spiro atoms. The van der Waals surface area contributed by atoms with Crippen LogP contribution in [-0.2, 0) is 0 Å². The monoisotopic (exact) mass is 516 g/mol. The van der Waals surface area contributed by atoms with Gasteiger partial charge in [0.15, 0.2) is 11.4 Å². The standard InChI is InChI=1S/C29H32N4O3S/c1-17-11-20(7-9-22(17)26(35)13-19-5-6-19)24-15-30-28-23(31-16-29(3,4)36)14-27(32-33(24)28)37-21-8-10-25(34)18(2)12-21/h7-12,14-15,19,31,34,36H,5-6,13,16H2,1-4H3. The summed E-state index contributed by atoms with van der Waals surface area (Å²) in [6.07, 6.45) is 4.73. The Morgan fingerprint density at radius 2 is 1.92 bits per heavy atom. The molecule has 3 N–H and O–H groups in total. The van der Waals surface area contributed by atoms with E-state index in [0.717, 1.165) is 56.4 Å². The maximum absolute atomic E-state index is 12.7. The third kappa shape index (κ3) is 5.81. The Labute approximate surface area is 221 Å². The van der Waals surface area contributed by atoms with E-state index in [1.807, 2.05) is 54.8 Å². The average Bonchev–Trinajstić information content (AvgIpc) is 3.54. The zero-order valence-electron chi connectivity index (χ0n) is 21.6. The van der Waals surface area contributed by atoms with Crippen LogP contribution in [0.25, 0.3) is 16.9 Å². The number of hydrogen-bond donors (Lipinski definition) is 3. The number of phenols is 1. The highest BCUT2D eigenvalue weighted by molar-refractivity contribution is 7.99. The van der Waals surface area contributed by atoms with E-state index in [0.29, 0.717) is 24.5 Å². The van der Waals surface area contributed by atoms with Gasteiger partial charge in [0, 0.05) is 29.0 Å². The summed E-state index contributed by atoms with van der Waals surface area (Å²) in [6.45, 7) is 7.68. The number of anilines is 1. The second-order valence-corrected chi connectivity index (χ2v) is 11.7. The first-order valence-corrected chi connectivity index (χ1v) is 13.4. The van der Waals surface area contributed by atoms with Crippen molar-refractivity contribution in [3.05, 3.63) is 65.4 Å². The van der Waals surface area contributed by atoms with Crippen molar-refractivity contribution in [2.45, 2.75) is 62.5 Å². The molecule has 2 heterocycles. The summed E-state index contributed by atoms with van der Waals surface area (Å²) in [6, 6.07) is 13.3. The van der Waals surface area contributed by atoms with Crippen molar-refractivity contribution in [3.8, 4) is 17.0 Å². The zero-order valence-corrected chi connectivity index (χ0v) is 22.4. The Morgan fingerprint density at radius 1 is 1.14 bits per heavy atom. The van der Waals surface area contributed by atoms with Gasteiger partial charge >= 0.3 is 0 Å². The number of carbonyl (C=O) groups excluding carboxylic acids is 1. The summed E-state index contributed by atoms with van der Waals surface area (Å²) in [5.41, 5.74) is 4.77. The first-order valence-electron chi connectivity index (χ1n) is 12.5. The molecule has 0 aliphatic heterocycles. The number of carbonyl (C=O) groups is 1. The van der Waals surface area contributed by atoms with Crippen molar-refractivity contribution in [2.24, 2.45) is 5.92 Å². The van der Waals surface area contributed by atoms with Gasteiger partial charge in [-0.05, 0) is 87.9 Å². The Morgan fingerprint density at radius 3 is 2.59 bits per heavy atom. The molecular formula is C29H32N4O3S. The number of aromatic nitrogens is 3. The number of fused-ring (bicyclic) bond motifs is 1. The molecule has 2 aromatic carbocycles. The van der Waals surface area contributed by atoms with Crippen LogP contribution in [0.2, 0.25) is 0 Å². The Balaban J connectivity index is 1.54. The molecule has 192 valence electrons. The summed E-state index contributed by atoms with van der Waals surface area (Å²) >= 11 is 1.48. The van der Waals surface area contributed by atoms with Crippen LogP contribution in [-0.4, -0.2) is 42.7 Å². The molecule has 7 nitrogen and oxygen atoms in total. The molecule has 2 aromatic heterocycles. The lowest BCUT2D eigenvalue weighted by Gasteiger charge is -2.19. The number of hydrogen-bond acceptors (Lipinski definition) is 7. The highest BCUT2D eigenvalue weighted by atomic mass is 32.2. The molecule has 5 rings (SSSR count). The number of benzene rings is 2. The number of phenolic OH excluding ortho intramolecular Hbond substituents is 1. The van der Waals surface area contributed by atoms with Gasteiger partial charge in [-0.15, -0.1) is 0 Å². The minimum absolute atomic E-state index is 0.212. The largest absolute Gasteiger partial charge is 0.508 e. The van der Waals surface area contributed by atoms with E-state index < -0.39 is 5.60 Å². The van der Waals surface area contributed by atoms with E-state index in [-0.39, 0.29) is 11.5 Å². The van der Waals surface area contributed by atoms with Gasteiger partial charge in [-0.3, -0.25) is 4.79 Å². The summed E-state index contributed by atoms with van der Waals surface area (Å²) in [7, 11) is 0. The molecule has 1 saturated carbocycles.